The van der Waals surface area contributed by atoms with Crippen LogP contribution in [0.3, 0.4) is 0 Å². The van der Waals surface area contributed by atoms with Gasteiger partial charge in [-0.05, 0) is 12.3 Å². The first-order valence-electron chi connectivity index (χ1n) is 11.6. The number of aliphatic hydroxyl groups excluding tert-OH is 1. The van der Waals surface area contributed by atoms with Crippen molar-refractivity contribution in [3.05, 3.63) is 0 Å². The Bertz CT molecular complexity index is 341. The minimum Gasteiger partial charge on any atom is -0.395 e. The summed E-state index contributed by atoms with van der Waals surface area (Å²) in [6, 6.07) is 0. The van der Waals surface area contributed by atoms with Crippen molar-refractivity contribution in [2.24, 2.45) is 10.9 Å². The second-order valence-corrected chi connectivity index (χ2v) is 8.54. The van der Waals surface area contributed by atoms with Crippen LogP contribution in [0.1, 0.15) is 110 Å². The molecule has 1 aliphatic heterocycles. The standard InChI is InChI=1S/C23H46N2O/c1-22(2)16-14-12-10-8-6-4-3-5-7-9-11-13-15-17-23-24-18-19-25(23)20-21-26/h22,26H,3-21H2,1-2H3. The van der Waals surface area contributed by atoms with Gasteiger partial charge in [0, 0.05) is 19.5 Å². The highest BCUT2D eigenvalue weighted by molar-refractivity contribution is 5.83. The zero-order valence-electron chi connectivity index (χ0n) is 17.9. The van der Waals surface area contributed by atoms with E-state index in [0.29, 0.717) is 0 Å². The molecule has 1 aliphatic rings. The topological polar surface area (TPSA) is 35.8 Å². The quantitative estimate of drug-likeness (QED) is 0.293. The van der Waals surface area contributed by atoms with Crippen molar-refractivity contribution in [1.82, 2.24) is 4.90 Å². The van der Waals surface area contributed by atoms with Crippen molar-refractivity contribution >= 4 is 5.84 Å². The highest BCUT2D eigenvalue weighted by atomic mass is 16.3. The molecule has 0 saturated heterocycles. The highest BCUT2D eigenvalue weighted by Crippen LogP contribution is 2.15. The number of rotatable bonds is 18. The summed E-state index contributed by atoms with van der Waals surface area (Å²) in [5, 5.41) is 9.06. The lowest BCUT2D eigenvalue weighted by Gasteiger charge is -2.18. The Balaban J connectivity index is 1.76. The van der Waals surface area contributed by atoms with Gasteiger partial charge < -0.3 is 10.0 Å². The molecule has 0 atom stereocenters. The molecule has 0 aromatic heterocycles. The minimum absolute atomic E-state index is 0.247. The van der Waals surface area contributed by atoms with Crippen LogP contribution in [0.2, 0.25) is 0 Å². The number of aliphatic imine (C=N–C) groups is 1. The number of amidine groups is 1. The molecule has 0 amide bonds. The molecule has 26 heavy (non-hydrogen) atoms. The summed E-state index contributed by atoms with van der Waals surface area (Å²) in [7, 11) is 0. The van der Waals surface area contributed by atoms with E-state index in [1.165, 1.54) is 95.7 Å². The molecular weight excluding hydrogens is 320 g/mol. The average Bonchev–Trinajstić information content (AvgIpc) is 3.05. The Hall–Kier alpha value is -0.570. The molecule has 0 radical (unpaired) electrons. The van der Waals surface area contributed by atoms with Gasteiger partial charge in [-0.2, -0.15) is 0 Å². The number of aliphatic hydroxyl groups is 1. The third kappa shape index (κ3) is 12.7. The Morgan fingerprint density at radius 1 is 0.808 bits per heavy atom. The van der Waals surface area contributed by atoms with Gasteiger partial charge in [0.2, 0.25) is 0 Å². The van der Waals surface area contributed by atoms with Gasteiger partial charge in [0.05, 0.1) is 19.0 Å². The van der Waals surface area contributed by atoms with E-state index < -0.39 is 0 Å². The first-order chi connectivity index (χ1) is 12.7. The van der Waals surface area contributed by atoms with Crippen LogP contribution in [0.5, 0.6) is 0 Å². The number of β-amino-alcohol motifs (C(OH)–C–C–N with tert-alkyl or cyclic N) is 1. The van der Waals surface area contributed by atoms with E-state index in [1.807, 2.05) is 0 Å². The van der Waals surface area contributed by atoms with Crippen molar-refractivity contribution in [2.75, 3.05) is 26.2 Å². The first-order valence-corrected chi connectivity index (χ1v) is 11.6. The summed E-state index contributed by atoms with van der Waals surface area (Å²) >= 11 is 0. The van der Waals surface area contributed by atoms with Crippen molar-refractivity contribution in [3.8, 4) is 0 Å². The van der Waals surface area contributed by atoms with Gasteiger partial charge in [-0.25, -0.2) is 0 Å². The highest BCUT2D eigenvalue weighted by Gasteiger charge is 2.14. The summed E-state index contributed by atoms with van der Waals surface area (Å²) in [6.45, 7) is 7.60. The second-order valence-electron chi connectivity index (χ2n) is 8.54. The zero-order chi connectivity index (χ0) is 18.9. The molecule has 0 aromatic rings. The molecule has 1 rings (SSSR count). The summed E-state index contributed by atoms with van der Waals surface area (Å²) in [6.07, 6.45) is 20.9. The lowest BCUT2D eigenvalue weighted by atomic mass is 10.0. The molecule has 0 aliphatic carbocycles. The molecule has 0 bridgehead atoms. The maximum absolute atomic E-state index is 9.06. The average molecular weight is 367 g/mol. The molecule has 1 N–H and O–H groups in total. The SMILES string of the molecule is CC(C)CCCCCCCCCCCCCCCC1=NCCN1CCO. The van der Waals surface area contributed by atoms with E-state index in [1.54, 1.807) is 0 Å². The number of hydrogen-bond acceptors (Lipinski definition) is 3. The maximum Gasteiger partial charge on any atom is 0.0991 e. The van der Waals surface area contributed by atoms with Crippen LogP contribution >= 0.6 is 0 Å². The van der Waals surface area contributed by atoms with Crippen LogP contribution in [0.15, 0.2) is 4.99 Å². The largest absolute Gasteiger partial charge is 0.395 e. The van der Waals surface area contributed by atoms with Crippen LogP contribution in [-0.4, -0.2) is 42.1 Å². The molecule has 1 heterocycles. The smallest absolute Gasteiger partial charge is 0.0991 e. The van der Waals surface area contributed by atoms with Crippen molar-refractivity contribution in [1.29, 1.82) is 0 Å². The van der Waals surface area contributed by atoms with Crippen LogP contribution in [0, 0.1) is 5.92 Å². The van der Waals surface area contributed by atoms with E-state index in [9.17, 15) is 0 Å². The predicted molar refractivity (Wildman–Crippen MR) is 115 cm³/mol. The summed E-state index contributed by atoms with van der Waals surface area (Å²) in [5.41, 5.74) is 0. The molecule has 154 valence electrons. The van der Waals surface area contributed by atoms with Crippen LogP contribution < -0.4 is 0 Å². The van der Waals surface area contributed by atoms with Gasteiger partial charge in [-0.3, -0.25) is 4.99 Å². The van der Waals surface area contributed by atoms with Gasteiger partial charge in [0.25, 0.3) is 0 Å². The minimum atomic E-state index is 0.247. The van der Waals surface area contributed by atoms with Gasteiger partial charge >= 0.3 is 0 Å². The molecule has 0 unspecified atom stereocenters. The van der Waals surface area contributed by atoms with E-state index in [0.717, 1.165) is 32.0 Å². The van der Waals surface area contributed by atoms with Crippen LogP contribution in [-0.2, 0) is 0 Å². The predicted octanol–water partition coefficient (Wildman–Crippen LogP) is 6.20. The Kier molecular flexibility index (Phi) is 15.0. The molecule has 0 saturated carbocycles. The zero-order valence-corrected chi connectivity index (χ0v) is 17.9. The summed E-state index contributed by atoms with van der Waals surface area (Å²) < 4.78 is 0. The van der Waals surface area contributed by atoms with Crippen molar-refractivity contribution in [3.63, 3.8) is 0 Å². The molecule has 0 spiro atoms. The molecule has 0 fully saturated rings. The lowest BCUT2D eigenvalue weighted by Crippen LogP contribution is -2.30. The Morgan fingerprint density at radius 2 is 1.31 bits per heavy atom. The molecule has 0 aromatic carbocycles. The maximum atomic E-state index is 9.06. The van der Waals surface area contributed by atoms with Crippen molar-refractivity contribution in [2.45, 2.75) is 110 Å². The molecule has 3 nitrogen and oxygen atoms in total. The third-order valence-corrected chi connectivity index (χ3v) is 5.58. The molecule has 3 heteroatoms. The summed E-state index contributed by atoms with van der Waals surface area (Å²) in [5.74, 6) is 2.12. The van der Waals surface area contributed by atoms with E-state index >= 15 is 0 Å². The number of nitrogens with zero attached hydrogens (tertiary/aromatic N) is 2. The normalized spacial score (nSPS) is 14.5. The van der Waals surface area contributed by atoms with Crippen LogP contribution in [0.25, 0.3) is 0 Å². The first kappa shape index (κ1) is 23.5. The fourth-order valence-electron chi connectivity index (χ4n) is 3.91. The fraction of sp³-hybridized carbons (Fsp3) is 0.957. The summed E-state index contributed by atoms with van der Waals surface area (Å²) in [4.78, 5) is 6.83. The van der Waals surface area contributed by atoms with Gasteiger partial charge in [-0.1, -0.05) is 97.3 Å². The Morgan fingerprint density at radius 3 is 1.81 bits per heavy atom. The fourth-order valence-corrected chi connectivity index (χ4v) is 3.91. The van der Waals surface area contributed by atoms with Crippen LogP contribution in [0.4, 0.5) is 0 Å². The third-order valence-electron chi connectivity index (χ3n) is 5.58. The van der Waals surface area contributed by atoms with Gasteiger partial charge in [0.1, 0.15) is 0 Å². The van der Waals surface area contributed by atoms with Gasteiger partial charge in [0.15, 0.2) is 0 Å². The molecular formula is C23H46N2O. The van der Waals surface area contributed by atoms with Crippen molar-refractivity contribution < 1.29 is 5.11 Å². The second kappa shape index (κ2) is 16.6. The monoisotopic (exact) mass is 366 g/mol. The van der Waals surface area contributed by atoms with E-state index in [4.69, 9.17) is 5.11 Å². The van der Waals surface area contributed by atoms with E-state index in [-0.39, 0.29) is 6.61 Å². The lowest BCUT2D eigenvalue weighted by molar-refractivity contribution is 0.255. The number of unbranched alkanes of at least 4 members (excludes halogenated alkanes) is 12. The van der Waals surface area contributed by atoms with Gasteiger partial charge in [-0.15, -0.1) is 0 Å². The van der Waals surface area contributed by atoms with E-state index in [2.05, 4.69) is 23.7 Å². The number of hydrogen-bond donors (Lipinski definition) is 1. The Labute approximate surface area is 163 Å².